The Bertz CT molecular complexity index is 898. The van der Waals surface area contributed by atoms with Gasteiger partial charge in [-0.3, -0.25) is 0 Å². The van der Waals surface area contributed by atoms with Gasteiger partial charge in [-0.15, -0.1) is 0 Å². The molecule has 5 heteroatoms. The molecule has 0 bridgehead atoms. The van der Waals surface area contributed by atoms with Gasteiger partial charge in [-0.05, 0) is 70.6 Å². The molecule has 4 N–H and O–H groups in total. The van der Waals surface area contributed by atoms with Gasteiger partial charge in [0.05, 0.1) is 5.52 Å². The number of benzene rings is 1. The van der Waals surface area contributed by atoms with Gasteiger partial charge in [-0.25, -0.2) is 4.98 Å². The molecule has 0 aliphatic heterocycles. The van der Waals surface area contributed by atoms with Gasteiger partial charge in [0.25, 0.3) is 0 Å². The van der Waals surface area contributed by atoms with Crippen LogP contribution in [0.3, 0.4) is 0 Å². The molecule has 0 saturated heterocycles. The molecule has 1 unspecified atom stereocenters. The lowest BCUT2D eigenvalue weighted by Crippen LogP contribution is -2.40. The van der Waals surface area contributed by atoms with E-state index in [0.29, 0.717) is 36.3 Å². The van der Waals surface area contributed by atoms with Crippen molar-refractivity contribution in [1.29, 1.82) is 10.8 Å². The highest BCUT2D eigenvalue weighted by Gasteiger charge is 2.17. The lowest BCUT2D eigenvalue weighted by molar-refractivity contribution is 0.325. The Morgan fingerprint density at radius 1 is 1.13 bits per heavy atom. The SMILES string of the molecule is CCC(CCNc1nc2ccc(C)cc2cc1C(=N)CCC(C)=N)NC1CCCCC1. The standard InChI is InChI=1S/C26H39N5/c1-4-21(30-22-8-6-5-7-9-22)14-15-29-26-23(24(28)12-11-19(3)27)17-20-16-18(2)10-13-25(20)31-26/h10,13,16-17,21-22,27-28,30H,4-9,11-12,14-15H2,1-3H3,(H,29,31). The van der Waals surface area contributed by atoms with E-state index in [-0.39, 0.29) is 0 Å². The molecule has 1 aliphatic rings. The van der Waals surface area contributed by atoms with E-state index < -0.39 is 0 Å². The van der Waals surface area contributed by atoms with Gasteiger partial charge in [0.15, 0.2) is 0 Å². The van der Waals surface area contributed by atoms with Crippen molar-refractivity contribution in [2.45, 2.75) is 90.6 Å². The molecular formula is C26H39N5. The summed E-state index contributed by atoms with van der Waals surface area (Å²) in [6.07, 6.45) is 10.1. The van der Waals surface area contributed by atoms with Crippen LogP contribution in [0.5, 0.6) is 0 Å². The molecule has 31 heavy (non-hydrogen) atoms. The highest BCUT2D eigenvalue weighted by Crippen LogP contribution is 2.24. The molecule has 0 amide bonds. The van der Waals surface area contributed by atoms with Gasteiger partial charge < -0.3 is 21.5 Å². The summed E-state index contributed by atoms with van der Waals surface area (Å²) in [5.74, 6) is 0.802. The maximum atomic E-state index is 8.63. The van der Waals surface area contributed by atoms with E-state index in [0.717, 1.165) is 41.7 Å². The zero-order valence-corrected chi connectivity index (χ0v) is 19.5. The molecule has 1 aromatic carbocycles. The minimum Gasteiger partial charge on any atom is -0.369 e. The lowest BCUT2D eigenvalue weighted by atomic mass is 9.94. The molecule has 1 saturated carbocycles. The number of rotatable bonds is 11. The summed E-state index contributed by atoms with van der Waals surface area (Å²) in [7, 11) is 0. The number of nitrogens with zero attached hydrogens (tertiary/aromatic N) is 1. The number of anilines is 1. The summed E-state index contributed by atoms with van der Waals surface area (Å²) in [6.45, 7) is 6.99. The molecule has 1 aliphatic carbocycles. The average Bonchev–Trinajstić information content (AvgIpc) is 2.77. The van der Waals surface area contributed by atoms with Crippen molar-refractivity contribution in [1.82, 2.24) is 10.3 Å². The Morgan fingerprint density at radius 3 is 2.61 bits per heavy atom. The average molecular weight is 422 g/mol. The van der Waals surface area contributed by atoms with Crippen LogP contribution in [-0.2, 0) is 0 Å². The largest absolute Gasteiger partial charge is 0.369 e. The lowest BCUT2D eigenvalue weighted by Gasteiger charge is -2.28. The van der Waals surface area contributed by atoms with E-state index in [2.05, 4.69) is 48.7 Å². The molecule has 3 rings (SSSR count). The van der Waals surface area contributed by atoms with Crippen LogP contribution in [0.25, 0.3) is 10.9 Å². The maximum Gasteiger partial charge on any atom is 0.135 e. The van der Waals surface area contributed by atoms with E-state index in [9.17, 15) is 0 Å². The van der Waals surface area contributed by atoms with Crippen LogP contribution in [0, 0.1) is 17.7 Å². The molecule has 1 heterocycles. The summed E-state index contributed by atoms with van der Waals surface area (Å²) >= 11 is 0. The van der Waals surface area contributed by atoms with Crippen molar-refractivity contribution in [3.05, 3.63) is 35.4 Å². The molecule has 168 valence electrons. The third kappa shape index (κ3) is 6.86. The van der Waals surface area contributed by atoms with E-state index in [4.69, 9.17) is 15.8 Å². The molecule has 1 aromatic heterocycles. The summed E-state index contributed by atoms with van der Waals surface area (Å²) < 4.78 is 0. The molecule has 2 aromatic rings. The second-order valence-corrected chi connectivity index (χ2v) is 9.16. The van der Waals surface area contributed by atoms with Crippen LogP contribution < -0.4 is 10.6 Å². The minimum atomic E-state index is 0.516. The van der Waals surface area contributed by atoms with Crippen LogP contribution in [0.2, 0.25) is 0 Å². The Kier molecular flexibility index (Phi) is 8.59. The number of hydrogen-bond acceptors (Lipinski definition) is 5. The van der Waals surface area contributed by atoms with Gasteiger partial charge in [0, 0.05) is 41.0 Å². The topological polar surface area (TPSA) is 84.7 Å². The molecule has 1 fully saturated rings. The van der Waals surface area contributed by atoms with E-state index in [1.807, 2.05) is 0 Å². The number of fused-ring (bicyclic) bond motifs is 1. The number of pyridine rings is 1. The van der Waals surface area contributed by atoms with Gasteiger partial charge in [-0.1, -0.05) is 37.8 Å². The molecule has 1 atom stereocenters. The monoisotopic (exact) mass is 421 g/mol. The van der Waals surface area contributed by atoms with E-state index in [1.54, 1.807) is 6.92 Å². The fourth-order valence-corrected chi connectivity index (χ4v) is 4.48. The highest BCUT2D eigenvalue weighted by molar-refractivity contribution is 6.06. The normalized spacial score (nSPS) is 15.7. The predicted molar refractivity (Wildman–Crippen MR) is 133 cm³/mol. The third-order valence-corrected chi connectivity index (χ3v) is 6.40. The van der Waals surface area contributed by atoms with Crippen LogP contribution in [0.1, 0.15) is 82.8 Å². The maximum absolute atomic E-state index is 8.63. The Labute approximate surface area is 187 Å². The second-order valence-electron chi connectivity index (χ2n) is 9.16. The number of nitrogens with one attached hydrogen (secondary N) is 4. The number of aromatic nitrogens is 1. The summed E-state index contributed by atoms with van der Waals surface area (Å²) in [4.78, 5) is 4.88. The van der Waals surface area contributed by atoms with Crippen LogP contribution in [0.4, 0.5) is 5.82 Å². The number of aryl methyl sites for hydroxylation is 1. The van der Waals surface area contributed by atoms with Gasteiger partial charge >= 0.3 is 0 Å². The quantitative estimate of drug-likeness (QED) is 0.324. The fourth-order valence-electron chi connectivity index (χ4n) is 4.48. The first kappa shape index (κ1) is 23.4. The zero-order valence-electron chi connectivity index (χ0n) is 19.5. The van der Waals surface area contributed by atoms with Crippen LogP contribution in [-0.4, -0.2) is 35.0 Å². The second kappa shape index (κ2) is 11.4. The first-order valence-electron chi connectivity index (χ1n) is 12.0. The van der Waals surface area contributed by atoms with E-state index >= 15 is 0 Å². The predicted octanol–water partition coefficient (Wildman–Crippen LogP) is 6.23. The van der Waals surface area contributed by atoms with Crippen LogP contribution in [0.15, 0.2) is 24.3 Å². The van der Waals surface area contributed by atoms with Gasteiger partial charge in [0.1, 0.15) is 5.82 Å². The molecule has 5 nitrogen and oxygen atoms in total. The first-order chi connectivity index (χ1) is 15.0. The molecule has 0 radical (unpaired) electrons. The van der Waals surface area contributed by atoms with E-state index in [1.165, 1.54) is 37.7 Å². The smallest absolute Gasteiger partial charge is 0.135 e. The Hall–Kier alpha value is -2.27. The molecular weight excluding hydrogens is 382 g/mol. The summed E-state index contributed by atoms with van der Waals surface area (Å²) in [5, 5.41) is 24.8. The minimum absolute atomic E-state index is 0.516. The van der Waals surface area contributed by atoms with Crippen LogP contribution >= 0.6 is 0 Å². The third-order valence-electron chi connectivity index (χ3n) is 6.40. The number of hydrogen-bond donors (Lipinski definition) is 4. The van der Waals surface area contributed by atoms with Crippen molar-refractivity contribution >= 4 is 28.1 Å². The first-order valence-corrected chi connectivity index (χ1v) is 12.0. The van der Waals surface area contributed by atoms with Crippen molar-refractivity contribution < 1.29 is 0 Å². The zero-order chi connectivity index (χ0) is 22.2. The Morgan fingerprint density at radius 2 is 1.90 bits per heavy atom. The summed E-state index contributed by atoms with van der Waals surface area (Å²) in [5.41, 5.74) is 4.19. The van der Waals surface area contributed by atoms with Gasteiger partial charge in [0.2, 0.25) is 0 Å². The Balaban J connectivity index is 1.70. The van der Waals surface area contributed by atoms with Crippen molar-refractivity contribution in [2.24, 2.45) is 0 Å². The van der Waals surface area contributed by atoms with Crippen molar-refractivity contribution in [2.75, 3.05) is 11.9 Å². The van der Waals surface area contributed by atoms with Crippen molar-refractivity contribution in [3.8, 4) is 0 Å². The van der Waals surface area contributed by atoms with Crippen molar-refractivity contribution in [3.63, 3.8) is 0 Å². The van der Waals surface area contributed by atoms with Gasteiger partial charge in [-0.2, -0.15) is 0 Å². The molecule has 0 spiro atoms. The summed E-state index contributed by atoms with van der Waals surface area (Å²) in [6, 6.07) is 9.56. The fraction of sp³-hybridized carbons (Fsp3) is 0.577. The highest BCUT2D eigenvalue weighted by atomic mass is 15.0.